The van der Waals surface area contributed by atoms with Crippen LogP contribution < -0.4 is 11.5 Å². The number of carboxylic acid groups (broad SMARTS) is 2. The molecule has 128 valence electrons. The zero-order valence-electron chi connectivity index (χ0n) is 12.6. The number of ether oxygens (including phenoxy) is 1. The lowest BCUT2D eigenvalue weighted by Gasteiger charge is -2.09. The quantitative estimate of drug-likeness (QED) is 0.362. The Morgan fingerprint density at radius 3 is 1.36 bits per heavy atom. The summed E-state index contributed by atoms with van der Waals surface area (Å²) in [5.74, 6) is -5.39. The number of carbonyl (C=O) groups excluding carboxylic acids is 2. The van der Waals surface area contributed by atoms with E-state index in [9.17, 15) is 19.2 Å². The molecule has 2 aromatic rings. The molecule has 0 aliphatic carbocycles. The number of hydrogen-bond donors (Lipinski definition) is 4. The topological polar surface area (TPSA) is 170 Å². The first-order chi connectivity index (χ1) is 11.7. The van der Waals surface area contributed by atoms with Crippen molar-refractivity contribution in [3.8, 4) is 0 Å². The zero-order valence-corrected chi connectivity index (χ0v) is 12.6. The molecule has 0 bridgehead atoms. The molecule has 9 heteroatoms. The number of benzene rings is 2. The molecule has 0 saturated heterocycles. The SMILES string of the molecule is Nc1ccc(C(=O)OC(=O)c2ccc(N)cc2C(=O)O)c(C(=O)O)c1. The van der Waals surface area contributed by atoms with Crippen LogP contribution in [0.15, 0.2) is 36.4 Å². The molecule has 0 aliphatic heterocycles. The second-order valence-electron chi connectivity index (χ2n) is 4.90. The number of hydrogen-bond acceptors (Lipinski definition) is 7. The highest BCUT2D eigenvalue weighted by molar-refractivity contribution is 6.10. The summed E-state index contributed by atoms with van der Waals surface area (Å²) in [6.45, 7) is 0. The van der Waals surface area contributed by atoms with Crippen LogP contribution in [-0.2, 0) is 4.74 Å². The van der Waals surface area contributed by atoms with Crippen molar-refractivity contribution in [2.75, 3.05) is 11.5 Å². The Balaban J connectivity index is 2.35. The van der Waals surface area contributed by atoms with Gasteiger partial charge in [0.1, 0.15) is 0 Å². The van der Waals surface area contributed by atoms with Gasteiger partial charge in [0.25, 0.3) is 0 Å². The van der Waals surface area contributed by atoms with E-state index in [0.717, 1.165) is 24.3 Å². The van der Waals surface area contributed by atoms with E-state index in [-0.39, 0.29) is 11.4 Å². The Labute approximate surface area is 140 Å². The van der Waals surface area contributed by atoms with E-state index in [2.05, 4.69) is 4.74 Å². The first kappa shape index (κ1) is 17.5. The third-order valence-corrected chi connectivity index (χ3v) is 3.17. The van der Waals surface area contributed by atoms with E-state index in [1.165, 1.54) is 12.1 Å². The summed E-state index contributed by atoms with van der Waals surface area (Å²) in [7, 11) is 0. The summed E-state index contributed by atoms with van der Waals surface area (Å²) in [5, 5.41) is 18.2. The maximum Gasteiger partial charge on any atom is 0.346 e. The number of carbonyl (C=O) groups is 4. The standard InChI is InChI=1S/C16H12N2O7/c17-7-1-3-9(11(5-7)13(19)20)15(23)25-16(24)10-4-2-8(18)6-12(10)14(21)22/h1-6H,17-18H2,(H,19,20)(H,21,22). The summed E-state index contributed by atoms with van der Waals surface area (Å²) in [6.07, 6.45) is 0. The summed E-state index contributed by atoms with van der Waals surface area (Å²) < 4.78 is 4.60. The van der Waals surface area contributed by atoms with Gasteiger partial charge in [0.15, 0.2) is 0 Å². The molecule has 0 saturated carbocycles. The van der Waals surface area contributed by atoms with Crippen LogP contribution in [0, 0.1) is 0 Å². The minimum atomic E-state index is -1.44. The maximum absolute atomic E-state index is 12.1. The highest BCUT2D eigenvalue weighted by atomic mass is 16.6. The van der Waals surface area contributed by atoms with Crippen LogP contribution >= 0.6 is 0 Å². The van der Waals surface area contributed by atoms with Crippen LogP contribution in [0.3, 0.4) is 0 Å². The predicted molar refractivity (Wildman–Crippen MR) is 85.4 cm³/mol. The molecular weight excluding hydrogens is 332 g/mol. The fourth-order valence-electron chi connectivity index (χ4n) is 2.03. The van der Waals surface area contributed by atoms with Gasteiger partial charge in [-0.2, -0.15) is 0 Å². The van der Waals surface area contributed by atoms with Crippen molar-refractivity contribution < 1.29 is 34.1 Å². The first-order valence-electron chi connectivity index (χ1n) is 6.73. The lowest BCUT2D eigenvalue weighted by molar-refractivity contribution is 0.0387. The Morgan fingerprint density at radius 2 is 1.04 bits per heavy atom. The molecule has 0 unspecified atom stereocenters. The summed E-state index contributed by atoms with van der Waals surface area (Å²) in [6, 6.07) is 6.79. The van der Waals surface area contributed by atoms with Crippen LogP contribution in [0.4, 0.5) is 11.4 Å². The molecule has 0 aliphatic rings. The largest absolute Gasteiger partial charge is 0.478 e. The van der Waals surface area contributed by atoms with Gasteiger partial charge in [0.05, 0.1) is 22.3 Å². The van der Waals surface area contributed by atoms with Crippen molar-refractivity contribution in [1.82, 2.24) is 0 Å². The van der Waals surface area contributed by atoms with Crippen molar-refractivity contribution in [1.29, 1.82) is 0 Å². The normalized spacial score (nSPS) is 10.1. The van der Waals surface area contributed by atoms with Gasteiger partial charge in [-0.15, -0.1) is 0 Å². The molecule has 0 aromatic heterocycles. The zero-order chi connectivity index (χ0) is 18.7. The summed E-state index contributed by atoms with van der Waals surface area (Å²) in [4.78, 5) is 46.5. The van der Waals surface area contributed by atoms with Crippen LogP contribution in [0.5, 0.6) is 0 Å². The van der Waals surface area contributed by atoms with Gasteiger partial charge in [-0.1, -0.05) is 0 Å². The van der Waals surface area contributed by atoms with E-state index in [1.54, 1.807) is 0 Å². The minimum absolute atomic E-state index is 0.104. The molecule has 2 aromatic carbocycles. The molecular formula is C16H12N2O7. The van der Waals surface area contributed by atoms with Gasteiger partial charge in [-0.3, -0.25) is 0 Å². The monoisotopic (exact) mass is 344 g/mol. The summed E-state index contributed by atoms with van der Waals surface area (Å²) >= 11 is 0. The van der Waals surface area contributed by atoms with E-state index < -0.39 is 46.1 Å². The van der Waals surface area contributed by atoms with Crippen molar-refractivity contribution in [2.45, 2.75) is 0 Å². The number of nitrogen functional groups attached to an aromatic ring is 2. The number of nitrogens with two attached hydrogens (primary N) is 2. The van der Waals surface area contributed by atoms with E-state index in [4.69, 9.17) is 21.7 Å². The Bertz CT molecular complexity index is 832. The van der Waals surface area contributed by atoms with Crippen molar-refractivity contribution in [3.05, 3.63) is 58.7 Å². The van der Waals surface area contributed by atoms with Gasteiger partial charge in [-0.05, 0) is 36.4 Å². The van der Waals surface area contributed by atoms with Gasteiger partial charge in [0.2, 0.25) is 0 Å². The van der Waals surface area contributed by atoms with Crippen LogP contribution in [0.25, 0.3) is 0 Å². The van der Waals surface area contributed by atoms with Crippen LogP contribution in [0.2, 0.25) is 0 Å². The molecule has 0 atom stereocenters. The molecule has 9 nitrogen and oxygen atoms in total. The Kier molecular flexibility index (Phi) is 4.69. The molecule has 25 heavy (non-hydrogen) atoms. The maximum atomic E-state index is 12.1. The van der Waals surface area contributed by atoms with Gasteiger partial charge in [-0.25, -0.2) is 19.2 Å². The van der Waals surface area contributed by atoms with E-state index in [1.807, 2.05) is 0 Å². The lowest BCUT2D eigenvalue weighted by atomic mass is 10.1. The highest BCUT2D eigenvalue weighted by Gasteiger charge is 2.24. The summed E-state index contributed by atoms with van der Waals surface area (Å²) in [5.41, 5.74) is 9.44. The van der Waals surface area contributed by atoms with Crippen molar-refractivity contribution in [2.24, 2.45) is 0 Å². The van der Waals surface area contributed by atoms with Gasteiger partial charge < -0.3 is 26.4 Å². The average molecular weight is 344 g/mol. The molecule has 6 N–H and O–H groups in total. The predicted octanol–water partition coefficient (Wildman–Crippen LogP) is 1.24. The highest BCUT2D eigenvalue weighted by Crippen LogP contribution is 2.18. The van der Waals surface area contributed by atoms with Crippen LogP contribution in [-0.4, -0.2) is 34.1 Å². The number of anilines is 2. The van der Waals surface area contributed by atoms with E-state index >= 15 is 0 Å². The number of carboxylic acids is 2. The number of esters is 2. The van der Waals surface area contributed by atoms with Gasteiger partial charge in [0, 0.05) is 11.4 Å². The van der Waals surface area contributed by atoms with Crippen LogP contribution in [0.1, 0.15) is 41.4 Å². The van der Waals surface area contributed by atoms with Crippen molar-refractivity contribution in [3.63, 3.8) is 0 Å². The van der Waals surface area contributed by atoms with Crippen molar-refractivity contribution >= 4 is 35.3 Å². The van der Waals surface area contributed by atoms with Gasteiger partial charge >= 0.3 is 23.9 Å². The second-order valence-corrected chi connectivity index (χ2v) is 4.90. The third kappa shape index (κ3) is 3.72. The fourth-order valence-corrected chi connectivity index (χ4v) is 2.03. The number of aromatic carboxylic acids is 2. The molecule has 2 rings (SSSR count). The average Bonchev–Trinajstić information content (AvgIpc) is 2.54. The molecule has 0 amide bonds. The third-order valence-electron chi connectivity index (χ3n) is 3.17. The molecule has 0 radical (unpaired) electrons. The smallest absolute Gasteiger partial charge is 0.346 e. The minimum Gasteiger partial charge on any atom is -0.478 e. The first-order valence-corrected chi connectivity index (χ1v) is 6.73. The van der Waals surface area contributed by atoms with E-state index in [0.29, 0.717) is 0 Å². The Morgan fingerprint density at radius 1 is 0.680 bits per heavy atom. The molecule has 0 heterocycles. The Hall–Kier alpha value is -3.88. The molecule has 0 spiro atoms. The molecule has 0 fully saturated rings. The fraction of sp³-hybridized carbons (Fsp3) is 0. The second kappa shape index (κ2) is 6.71. The number of rotatable bonds is 4. The lowest BCUT2D eigenvalue weighted by Crippen LogP contribution is -2.18.